The maximum atomic E-state index is 8.89. The lowest BCUT2D eigenvalue weighted by Gasteiger charge is -2.37. The molecule has 3 fully saturated rings. The summed E-state index contributed by atoms with van der Waals surface area (Å²) >= 11 is 6.84. The van der Waals surface area contributed by atoms with Crippen molar-refractivity contribution < 1.29 is 4.74 Å². The van der Waals surface area contributed by atoms with Crippen molar-refractivity contribution in [2.75, 3.05) is 6.61 Å². The molecule has 0 atom stereocenters. The van der Waals surface area contributed by atoms with E-state index >= 15 is 0 Å². The molecule has 0 unspecified atom stereocenters. The summed E-state index contributed by atoms with van der Waals surface area (Å²) in [4.78, 5) is 4.08. The van der Waals surface area contributed by atoms with Gasteiger partial charge >= 0.3 is 0 Å². The molecular formula is C51H65Br2NO. The van der Waals surface area contributed by atoms with Crippen molar-refractivity contribution in [3.63, 3.8) is 0 Å². The van der Waals surface area contributed by atoms with E-state index < -0.39 is 0 Å². The lowest BCUT2D eigenvalue weighted by atomic mass is 9.69. The van der Waals surface area contributed by atoms with Crippen LogP contribution in [-0.4, -0.2) is 6.61 Å². The van der Waals surface area contributed by atoms with E-state index in [2.05, 4.69) is 110 Å². The normalized spacial score (nSPS) is 24.2. The lowest BCUT2D eigenvalue weighted by Crippen LogP contribution is -2.25. The molecule has 6 rings (SSSR count). The molecule has 55 heavy (non-hydrogen) atoms. The van der Waals surface area contributed by atoms with Gasteiger partial charge in [-0.3, -0.25) is 0 Å². The predicted molar refractivity (Wildman–Crippen MR) is 242 cm³/mol. The Morgan fingerprint density at radius 1 is 0.600 bits per heavy atom. The van der Waals surface area contributed by atoms with E-state index in [9.17, 15) is 0 Å². The molecule has 0 saturated heterocycles. The number of rotatable bonds is 16. The first-order valence-electron chi connectivity index (χ1n) is 21.5. The summed E-state index contributed by atoms with van der Waals surface area (Å²) in [5.41, 5.74) is 5.93. The number of nitrogens with zero attached hydrogens (tertiary/aromatic N) is 1. The Morgan fingerprint density at radius 3 is 1.65 bits per heavy atom. The minimum atomic E-state index is 0.710. The maximum Gasteiger partial charge on any atom is 0.119 e. The average molecular weight is 868 g/mol. The molecule has 3 aromatic carbocycles. The number of nitriles is 1. The Hall–Kier alpha value is -2.87. The molecule has 4 heteroatoms. The third-order valence-electron chi connectivity index (χ3n) is 12.9. The Labute approximate surface area is 351 Å². The van der Waals surface area contributed by atoms with Crippen LogP contribution < -0.4 is 4.74 Å². The minimum Gasteiger partial charge on any atom is -0.494 e. The topological polar surface area (TPSA) is 33.0 Å². The van der Waals surface area contributed by atoms with Gasteiger partial charge in [-0.25, -0.2) is 0 Å². The molecule has 0 bridgehead atoms. The first kappa shape index (κ1) is 43.3. The Balaban J connectivity index is 0.000000214. The van der Waals surface area contributed by atoms with Crippen molar-refractivity contribution in [1.29, 1.82) is 5.26 Å². The van der Waals surface area contributed by atoms with Crippen LogP contribution in [0.2, 0.25) is 0 Å². The minimum absolute atomic E-state index is 0.710. The molecule has 0 aliphatic heterocycles. The van der Waals surface area contributed by atoms with Crippen LogP contribution in [0.25, 0.3) is 11.1 Å². The summed E-state index contributed by atoms with van der Waals surface area (Å²) in [6.45, 7) is 4.65. The zero-order chi connectivity index (χ0) is 38.5. The largest absolute Gasteiger partial charge is 0.494 e. The van der Waals surface area contributed by atoms with E-state index in [4.69, 9.17) is 10.00 Å². The fourth-order valence-electron chi connectivity index (χ4n) is 9.37. The van der Waals surface area contributed by atoms with Crippen molar-refractivity contribution in [1.82, 2.24) is 0 Å². The molecule has 3 aliphatic rings. The first-order valence-corrected chi connectivity index (χ1v) is 23.4. The van der Waals surface area contributed by atoms with Gasteiger partial charge in [0.2, 0.25) is 0 Å². The number of halogens is 2. The molecule has 0 aromatic heterocycles. The van der Waals surface area contributed by atoms with Crippen LogP contribution in [0.15, 0.2) is 108 Å². The summed E-state index contributed by atoms with van der Waals surface area (Å²) in [6, 6.07) is 27.6. The van der Waals surface area contributed by atoms with Gasteiger partial charge in [0.1, 0.15) is 5.75 Å². The zero-order valence-corrected chi connectivity index (χ0v) is 36.4. The van der Waals surface area contributed by atoms with E-state index in [1.807, 2.05) is 35.3 Å². The lowest BCUT2D eigenvalue weighted by molar-refractivity contribution is 0.149. The Kier molecular flexibility index (Phi) is 19.4. The quantitative estimate of drug-likeness (QED) is 0.106. The van der Waals surface area contributed by atoms with Crippen molar-refractivity contribution >= 4 is 31.9 Å². The van der Waals surface area contributed by atoms with E-state index in [1.54, 1.807) is 0 Å². The van der Waals surface area contributed by atoms with Crippen molar-refractivity contribution in [2.45, 2.75) is 122 Å². The van der Waals surface area contributed by atoms with Crippen LogP contribution in [-0.2, 0) is 12.8 Å². The van der Waals surface area contributed by atoms with Gasteiger partial charge in [0.05, 0.1) is 18.2 Å². The highest BCUT2D eigenvalue weighted by molar-refractivity contribution is 9.11. The number of hydrogen-bond acceptors (Lipinski definition) is 2. The van der Waals surface area contributed by atoms with E-state index in [-0.39, 0.29) is 0 Å². The van der Waals surface area contributed by atoms with Gasteiger partial charge < -0.3 is 4.74 Å². The number of ether oxygens (including phenoxy) is 1. The van der Waals surface area contributed by atoms with Crippen LogP contribution in [0, 0.1) is 46.8 Å². The van der Waals surface area contributed by atoms with Crippen molar-refractivity contribution in [2.24, 2.45) is 35.5 Å². The summed E-state index contributed by atoms with van der Waals surface area (Å²) in [5, 5.41) is 8.89. The maximum absolute atomic E-state index is 8.89. The second-order valence-electron chi connectivity index (χ2n) is 16.6. The molecular weight excluding hydrogens is 802 g/mol. The van der Waals surface area contributed by atoms with Crippen LogP contribution in [0.5, 0.6) is 5.75 Å². The monoisotopic (exact) mass is 865 g/mol. The second kappa shape index (κ2) is 24.7. The average Bonchev–Trinajstić information content (AvgIpc) is 3.24. The number of benzene rings is 3. The zero-order valence-electron chi connectivity index (χ0n) is 33.2. The predicted octanol–water partition coefficient (Wildman–Crippen LogP) is 15.7. The first-order chi connectivity index (χ1) is 27.1. The summed E-state index contributed by atoms with van der Waals surface area (Å²) in [5.74, 6) is 6.47. The fraction of sp³-hybridized carbons (Fsp3) is 0.510. The summed E-state index contributed by atoms with van der Waals surface area (Å²) in [6.07, 6.45) is 32.1. The Bertz CT molecular complexity index is 1600. The fourth-order valence-corrected chi connectivity index (χ4v) is 10.2. The Morgan fingerprint density at radius 2 is 1.09 bits per heavy atom. The van der Waals surface area contributed by atoms with Crippen LogP contribution in [0.4, 0.5) is 0 Å². The number of unbranched alkanes of at least 4 members (excludes halogenated alkanes) is 1. The summed E-state index contributed by atoms with van der Waals surface area (Å²) < 4.78 is 6.00. The molecule has 3 aliphatic carbocycles. The van der Waals surface area contributed by atoms with Gasteiger partial charge in [0.25, 0.3) is 0 Å². The van der Waals surface area contributed by atoms with Crippen molar-refractivity contribution in [3.8, 4) is 22.9 Å². The van der Waals surface area contributed by atoms with Crippen LogP contribution in [0.1, 0.15) is 126 Å². The van der Waals surface area contributed by atoms with Crippen LogP contribution >= 0.6 is 31.9 Å². The molecule has 0 heterocycles. The van der Waals surface area contributed by atoms with Crippen LogP contribution in [0.3, 0.4) is 0 Å². The smallest absolute Gasteiger partial charge is 0.119 e. The SMILES string of the molecule is C=CCCCc1ccc(OCCCC2CCC([C@H]3CC[C@H](/C=C/Br)CC3)CC2)cc1.N#Cc1ccc(-c2ccc(CC[C@H]3CC[C@H](/C=C/Br)CC3)cc2)cc1. The third-order valence-corrected chi connectivity index (χ3v) is 13.5. The molecule has 3 saturated carbocycles. The number of aryl methyl sites for hydroxylation is 2. The van der Waals surface area contributed by atoms with E-state index in [1.165, 1.54) is 131 Å². The molecule has 0 N–H and O–H groups in total. The highest BCUT2D eigenvalue weighted by Crippen LogP contribution is 2.42. The molecule has 0 radical (unpaired) electrons. The van der Waals surface area contributed by atoms with E-state index in [0.717, 1.165) is 60.7 Å². The highest BCUT2D eigenvalue weighted by atomic mass is 79.9. The van der Waals surface area contributed by atoms with Gasteiger partial charge in [0.15, 0.2) is 0 Å². The second-order valence-corrected chi connectivity index (χ2v) is 17.7. The molecule has 0 amide bonds. The summed E-state index contributed by atoms with van der Waals surface area (Å²) in [7, 11) is 0. The van der Waals surface area contributed by atoms with E-state index in [0.29, 0.717) is 5.56 Å². The molecule has 294 valence electrons. The van der Waals surface area contributed by atoms with Crippen molar-refractivity contribution in [3.05, 3.63) is 124 Å². The van der Waals surface area contributed by atoms with Gasteiger partial charge in [0, 0.05) is 0 Å². The number of allylic oxidation sites excluding steroid dienone is 3. The molecule has 2 nitrogen and oxygen atoms in total. The van der Waals surface area contributed by atoms with Gasteiger partial charge in [-0.05, 0) is 201 Å². The third kappa shape index (κ3) is 15.2. The molecule has 0 spiro atoms. The standard InChI is InChI=1S/C28H41BrO.C23H24BrN/c1-2-3-4-6-23-12-18-28(19-13-23)30-22-5-7-24-8-14-26(15-9-24)27-16-10-25(11-17-27)20-21-29;24-16-15-20-5-3-18(4-6-20)1-2-19-7-11-22(12-8-19)23-13-9-21(17-25)10-14-23/h2,12-13,18-21,24-27H,1,3-11,14-17,22H2;7-16,18,20H,1-6H2/b21-20+;16-15+/t24?,25-,26?,27-;18-,20-. The van der Waals surface area contributed by atoms with Gasteiger partial charge in [-0.1, -0.05) is 111 Å². The molecule has 3 aromatic rings. The highest BCUT2D eigenvalue weighted by Gasteiger charge is 2.30. The van der Waals surface area contributed by atoms with Gasteiger partial charge in [-0.15, -0.1) is 6.58 Å². The van der Waals surface area contributed by atoms with Gasteiger partial charge in [-0.2, -0.15) is 5.26 Å². The number of hydrogen-bond donors (Lipinski definition) is 0.